The van der Waals surface area contributed by atoms with Gasteiger partial charge in [-0.05, 0) is 50.3 Å². The largest absolute Gasteiger partial charge is 0.379 e. The number of ether oxygens (including phenoxy) is 1. The fraction of sp³-hybridized carbons (Fsp3) is 0.632. The first-order chi connectivity index (χ1) is 12.1. The zero-order valence-electron chi connectivity index (χ0n) is 15.0. The molecule has 2 amide bonds. The number of likely N-dealkylation sites (tertiary alicyclic amines) is 1. The first-order valence-electron chi connectivity index (χ1n) is 9.27. The van der Waals surface area contributed by atoms with Gasteiger partial charge < -0.3 is 15.0 Å². The van der Waals surface area contributed by atoms with E-state index in [0.29, 0.717) is 5.69 Å². The summed E-state index contributed by atoms with van der Waals surface area (Å²) in [6.07, 6.45) is 4.22. The molecule has 2 aliphatic heterocycles. The van der Waals surface area contributed by atoms with E-state index in [2.05, 4.69) is 10.2 Å². The van der Waals surface area contributed by atoms with Crippen LogP contribution in [0, 0.1) is 12.7 Å². The molecule has 1 aromatic carbocycles. The Labute approximate surface area is 149 Å². The van der Waals surface area contributed by atoms with Gasteiger partial charge in [0.2, 0.25) is 0 Å². The number of carbonyl (C=O) groups is 1. The van der Waals surface area contributed by atoms with Gasteiger partial charge in [0, 0.05) is 37.9 Å². The van der Waals surface area contributed by atoms with Gasteiger partial charge in [-0.25, -0.2) is 9.18 Å². The minimum absolute atomic E-state index is 0.111. The molecule has 0 aromatic heterocycles. The smallest absolute Gasteiger partial charge is 0.322 e. The van der Waals surface area contributed by atoms with E-state index < -0.39 is 0 Å². The van der Waals surface area contributed by atoms with Crippen LogP contribution < -0.4 is 5.32 Å². The lowest BCUT2D eigenvalue weighted by atomic mass is 9.99. The van der Waals surface area contributed by atoms with E-state index in [4.69, 9.17) is 4.74 Å². The van der Waals surface area contributed by atoms with Gasteiger partial charge in [0.15, 0.2) is 0 Å². The van der Waals surface area contributed by atoms with E-state index in [-0.39, 0.29) is 17.9 Å². The van der Waals surface area contributed by atoms with E-state index in [9.17, 15) is 9.18 Å². The Balaban J connectivity index is 1.59. The monoisotopic (exact) mass is 349 g/mol. The highest BCUT2D eigenvalue weighted by Crippen LogP contribution is 2.23. The number of nitrogens with zero attached hydrogens (tertiary/aromatic N) is 2. The first kappa shape index (κ1) is 18.1. The molecule has 0 saturated carbocycles. The van der Waals surface area contributed by atoms with Crippen LogP contribution in [0.5, 0.6) is 0 Å². The van der Waals surface area contributed by atoms with Crippen molar-refractivity contribution in [3.63, 3.8) is 0 Å². The van der Waals surface area contributed by atoms with Crippen LogP contribution in [0.25, 0.3) is 0 Å². The molecule has 1 aromatic rings. The van der Waals surface area contributed by atoms with Gasteiger partial charge in [0.1, 0.15) is 5.82 Å². The van der Waals surface area contributed by atoms with Crippen LogP contribution in [0.2, 0.25) is 0 Å². The summed E-state index contributed by atoms with van der Waals surface area (Å²) in [5.74, 6) is -0.330. The van der Waals surface area contributed by atoms with Crippen molar-refractivity contribution in [1.82, 2.24) is 9.80 Å². The van der Waals surface area contributed by atoms with Gasteiger partial charge in [-0.3, -0.25) is 4.90 Å². The van der Waals surface area contributed by atoms with Crippen LogP contribution in [0.3, 0.4) is 0 Å². The summed E-state index contributed by atoms with van der Waals surface area (Å²) >= 11 is 0. The molecular weight excluding hydrogens is 321 g/mol. The Morgan fingerprint density at radius 1 is 1.28 bits per heavy atom. The molecule has 1 atom stereocenters. The third-order valence-electron chi connectivity index (χ3n) is 5.21. The summed E-state index contributed by atoms with van der Waals surface area (Å²) in [5, 5.41) is 2.90. The second-order valence-corrected chi connectivity index (χ2v) is 6.98. The molecule has 0 bridgehead atoms. The molecule has 2 fully saturated rings. The fourth-order valence-corrected chi connectivity index (χ4v) is 3.64. The molecule has 1 unspecified atom stereocenters. The highest BCUT2D eigenvalue weighted by molar-refractivity contribution is 5.90. The van der Waals surface area contributed by atoms with Crippen molar-refractivity contribution in [3.8, 4) is 0 Å². The standard InChI is InChI=1S/C19H28FN3O2/c1-15-5-6-16(20)14-18(15)21-19(24)23-8-3-2-4-17(23)7-9-22-10-12-25-13-11-22/h5-6,14,17H,2-4,7-13H2,1H3,(H,21,24). The van der Waals surface area contributed by atoms with E-state index >= 15 is 0 Å². The number of benzene rings is 1. The van der Waals surface area contributed by atoms with Crippen LogP contribution in [0.15, 0.2) is 18.2 Å². The summed E-state index contributed by atoms with van der Waals surface area (Å²) in [7, 11) is 0. The first-order valence-corrected chi connectivity index (χ1v) is 9.27. The molecule has 2 heterocycles. The predicted octanol–water partition coefficient (Wildman–Crippen LogP) is 3.24. The molecule has 1 N–H and O–H groups in total. The summed E-state index contributed by atoms with van der Waals surface area (Å²) in [5.41, 5.74) is 1.43. The van der Waals surface area contributed by atoms with Crippen LogP contribution in [-0.4, -0.2) is 61.3 Å². The minimum atomic E-state index is -0.330. The Hall–Kier alpha value is -1.66. The normalized spacial score (nSPS) is 22.0. The maximum absolute atomic E-state index is 13.5. The molecule has 25 heavy (non-hydrogen) atoms. The van der Waals surface area contributed by atoms with Crippen LogP contribution in [0.1, 0.15) is 31.2 Å². The van der Waals surface area contributed by atoms with Gasteiger partial charge in [-0.15, -0.1) is 0 Å². The van der Waals surface area contributed by atoms with Gasteiger partial charge >= 0.3 is 6.03 Å². The second kappa shape index (κ2) is 8.63. The number of carbonyl (C=O) groups excluding carboxylic acids is 1. The van der Waals surface area contributed by atoms with Crippen molar-refractivity contribution in [1.29, 1.82) is 0 Å². The van der Waals surface area contributed by atoms with Gasteiger partial charge in [-0.2, -0.15) is 0 Å². The lowest BCUT2D eigenvalue weighted by Crippen LogP contribution is -2.48. The Morgan fingerprint density at radius 3 is 2.88 bits per heavy atom. The number of hydrogen-bond acceptors (Lipinski definition) is 3. The van der Waals surface area contributed by atoms with Crippen molar-refractivity contribution in [3.05, 3.63) is 29.6 Å². The molecule has 0 radical (unpaired) electrons. The molecule has 5 nitrogen and oxygen atoms in total. The van der Waals surface area contributed by atoms with Crippen LogP contribution in [-0.2, 0) is 4.74 Å². The van der Waals surface area contributed by atoms with Crippen molar-refractivity contribution >= 4 is 11.7 Å². The van der Waals surface area contributed by atoms with Crippen LogP contribution >= 0.6 is 0 Å². The van der Waals surface area contributed by atoms with Crippen molar-refractivity contribution in [2.75, 3.05) is 44.7 Å². The number of halogens is 1. The van der Waals surface area contributed by atoms with Crippen molar-refractivity contribution in [2.24, 2.45) is 0 Å². The molecular formula is C19H28FN3O2. The molecule has 0 spiro atoms. The second-order valence-electron chi connectivity index (χ2n) is 6.98. The van der Waals surface area contributed by atoms with Crippen molar-refractivity contribution in [2.45, 2.75) is 38.6 Å². The van der Waals surface area contributed by atoms with E-state index in [1.54, 1.807) is 6.07 Å². The number of aryl methyl sites for hydroxylation is 1. The average Bonchev–Trinajstić information content (AvgIpc) is 2.64. The highest BCUT2D eigenvalue weighted by atomic mass is 19.1. The summed E-state index contributed by atoms with van der Waals surface area (Å²) in [4.78, 5) is 17.1. The van der Waals surface area contributed by atoms with E-state index in [1.165, 1.54) is 12.1 Å². The Morgan fingerprint density at radius 2 is 2.08 bits per heavy atom. The number of morpholine rings is 1. The Bertz CT molecular complexity index is 590. The van der Waals surface area contributed by atoms with Crippen LogP contribution in [0.4, 0.5) is 14.9 Å². The lowest BCUT2D eigenvalue weighted by molar-refractivity contribution is 0.0329. The average molecular weight is 349 g/mol. The number of anilines is 1. The number of amides is 2. The molecule has 2 saturated heterocycles. The number of rotatable bonds is 4. The Kier molecular flexibility index (Phi) is 6.26. The maximum atomic E-state index is 13.5. The fourth-order valence-electron chi connectivity index (χ4n) is 3.64. The molecule has 138 valence electrons. The quantitative estimate of drug-likeness (QED) is 0.908. The number of piperidine rings is 1. The summed E-state index contributed by atoms with van der Waals surface area (Å²) in [6.45, 7) is 7.19. The zero-order chi connectivity index (χ0) is 17.6. The SMILES string of the molecule is Cc1ccc(F)cc1NC(=O)N1CCCCC1CCN1CCOCC1. The van der Waals surface area contributed by atoms with Gasteiger partial charge in [0.05, 0.1) is 13.2 Å². The minimum Gasteiger partial charge on any atom is -0.379 e. The maximum Gasteiger partial charge on any atom is 0.322 e. The topological polar surface area (TPSA) is 44.8 Å². The summed E-state index contributed by atoms with van der Waals surface area (Å²) in [6, 6.07) is 4.64. The molecule has 3 rings (SSSR count). The summed E-state index contributed by atoms with van der Waals surface area (Å²) < 4.78 is 18.9. The molecule has 2 aliphatic rings. The van der Waals surface area contributed by atoms with Gasteiger partial charge in [0.25, 0.3) is 0 Å². The number of hydrogen-bond donors (Lipinski definition) is 1. The highest BCUT2D eigenvalue weighted by Gasteiger charge is 2.27. The molecule has 0 aliphatic carbocycles. The van der Waals surface area contributed by atoms with Gasteiger partial charge in [-0.1, -0.05) is 6.07 Å². The molecule has 6 heteroatoms. The number of nitrogens with one attached hydrogen (secondary N) is 1. The number of urea groups is 1. The van der Waals surface area contributed by atoms with E-state index in [0.717, 1.165) is 70.6 Å². The predicted molar refractivity (Wildman–Crippen MR) is 96.4 cm³/mol. The zero-order valence-corrected chi connectivity index (χ0v) is 15.0. The van der Waals surface area contributed by atoms with Crippen molar-refractivity contribution < 1.29 is 13.9 Å². The lowest BCUT2D eigenvalue weighted by Gasteiger charge is -2.37. The third kappa shape index (κ3) is 4.92. The third-order valence-corrected chi connectivity index (χ3v) is 5.21. The van der Waals surface area contributed by atoms with E-state index in [1.807, 2.05) is 11.8 Å².